The highest BCUT2D eigenvalue weighted by molar-refractivity contribution is 8.01. The Kier molecular flexibility index (Phi) is 4.58. The van der Waals surface area contributed by atoms with Gasteiger partial charge in [0, 0.05) is 16.0 Å². The van der Waals surface area contributed by atoms with E-state index in [1.165, 1.54) is 16.2 Å². The highest BCUT2D eigenvalue weighted by atomic mass is 32.2. The molecule has 0 aromatic carbocycles. The van der Waals surface area contributed by atoms with E-state index in [0.29, 0.717) is 5.69 Å². The van der Waals surface area contributed by atoms with Crippen LogP contribution in [0.4, 0.5) is 0 Å². The van der Waals surface area contributed by atoms with E-state index in [1.807, 2.05) is 5.38 Å². The molecule has 2 rings (SSSR count). The van der Waals surface area contributed by atoms with Crippen LogP contribution >= 0.6 is 34.4 Å². The van der Waals surface area contributed by atoms with Gasteiger partial charge in [-0.3, -0.25) is 4.79 Å². The Morgan fingerprint density at radius 2 is 2.35 bits per heavy atom. The summed E-state index contributed by atoms with van der Waals surface area (Å²) in [6.07, 6.45) is 1.05. The number of aliphatic carboxylic acids is 1. The van der Waals surface area contributed by atoms with Crippen molar-refractivity contribution >= 4 is 40.4 Å². The molecule has 0 radical (unpaired) electrons. The number of aryl methyl sites for hydroxylation is 1. The van der Waals surface area contributed by atoms with Crippen LogP contribution in [0.25, 0.3) is 0 Å². The molecular weight excluding hydrogens is 274 g/mol. The topological polar surface area (TPSA) is 50.2 Å². The van der Waals surface area contributed by atoms with Gasteiger partial charge in [0.25, 0.3) is 0 Å². The highest BCUT2D eigenvalue weighted by Crippen LogP contribution is 2.24. The van der Waals surface area contributed by atoms with Crippen LogP contribution < -0.4 is 0 Å². The Morgan fingerprint density at radius 1 is 1.47 bits per heavy atom. The average Bonchev–Trinajstić information content (AvgIpc) is 2.89. The van der Waals surface area contributed by atoms with Gasteiger partial charge in [0.1, 0.15) is 4.34 Å². The van der Waals surface area contributed by atoms with E-state index >= 15 is 0 Å². The second-order valence-electron chi connectivity index (χ2n) is 3.35. The maximum absolute atomic E-state index is 10.5. The van der Waals surface area contributed by atoms with E-state index in [0.717, 1.165) is 16.5 Å². The number of rotatable bonds is 6. The molecule has 1 N–H and O–H groups in total. The normalized spacial score (nSPS) is 10.6. The van der Waals surface area contributed by atoms with E-state index in [2.05, 4.69) is 22.5 Å². The Bertz CT molecular complexity index is 479. The van der Waals surface area contributed by atoms with Gasteiger partial charge in [0.2, 0.25) is 0 Å². The molecule has 0 amide bonds. The summed E-state index contributed by atoms with van der Waals surface area (Å²) in [5, 5.41) is 12.5. The van der Waals surface area contributed by atoms with Crippen LogP contribution in [0.15, 0.2) is 27.2 Å². The van der Waals surface area contributed by atoms with Gasteiger partial charge in [0.15, 0.2) is 0 Å². The fraction of sp³-hybridized carbons (Fsp3) is 0.273. The summed E-state index contributed by atoms with van der Waals surface area (Å²) < 4.78 is 0.956. The molecule has 0 fully saturated rings. The monoisotopic (exact) mass is 285 g/mol. The third-order valence-corrected chi connectivity index (χ3v) is 5.02. The smallest absolute Gasteiger partial charge is 0.309 e. The lowest BCUT2D eigenvalue weighted by Gasteiger charge is -1.95. The van der Waals surface area contributed by atoms with E-state index < -0.39 is 5.97 Å². The Morgan fingerprint density at radius 3 is 3.06 bits per heavy atom. The number of thioether (sulfide) groups is 1. The predicted molar refractivity (Wildman–Crippen MR) is 72.2 cm³/mol. The molecule has 0 aliphatic heterocycles. The van der Waals surface area contributed by atoms with Crippen molar-refractivity contribution in [2.75, 3.05) is 5.75 Å². The molecule has 0 aliphatic rings. The zero-order chi connectivity index (χ0) is 12.1. The van der Waals surface area contributed by atoms with Crippen molar-refractivity contribution in [2.24, 2.45) is 0 Å². The summed E-state index contributed by atoms with van der Waals surface area (Å²) in [6, 6.07) is 4.18. The first kappa shape index (κ1) is 12.6. The van der Waals surface area contributed by atoms with E-state index in [1.54, 1.807) is 23.1 Å². The molecule has 2 aromatic heterocycles. The number of aromatic nitrogens is 1. The Balaban J connectivity index is 1.79. The molecule has 2 heterocycles. The van der Waals surface area contributed by atoms with Gasteiger partial charge in [0.05, 0.1) is 12.1 Å². The lowest BCUT2D eigenvalue weighted by atomic mass is 10.3. The van der Waals surface area contributed by atoms with Crippen LogP contribution in [0.1, 0.15) is 10.6 Å². The van der Waals surface area contributed by atoms with E-state index in [9.17, 15) is 4.79 Å². The van der Waals surface area contributed by atoms with Crippen molar-refractivity contribution in [2.45, 2.75) is 17.2 Å². The summed E-state index contributed by atoms with van der Waals surface area (Å²) in [7, 11) is 0. The molecule has 0 saturated heterocycles. The first-order chi connectivity index (χ1) is 8.24. The predicted octanol–water partition coefficient (Wildman–Crippen LogP) is 3.17. The van der Waals surface area contributed by atoms with Crippen molar-refractivity contribution in [3.63, 3.8) is 0 Å². The third-order valence-electron chi connectivity index (χ3n) is 2.02. The quantitative estimate of drug-likeness (QED) is 0.828. The average molecular weight is 285 g/mol. The molecule has 90 valence electrons. The number of hydrogen-bond acceptors (Lipinski definition) is 5. The van der Waals surface area contributed by atoms with E-state index in [4.69, 9.17) is 5.11 Å². The van der Waals surface area contributed by atoms with Crippen molar-refractivity contribution in [1.29, 1.82) is 0 Å². The molecule has 0 unspecified atom stereocenters. The third kappa shape index (κ3) is 4.14. The van der Waals surface area contributed by atoms with Crippen LogP contribution in [0.2, 0.25) is 0 Å². The zero-order valence-electron chi connectivity index (χ0n) is 8.96. The minimum Gasteiger partial charge on any atom is -0.481 e. The van der Waals surface area contributed by atoms with Gasteiger partial charge in [-0.15, -0.1) is 22.7 Å². The molecule has 0 aliphatic carbocycles. The van der Waals surface area contributed by atoms with Crippen molar-refractivity contribution in [1.82, 2.24) is 4.98 Å². The molecule has 0 bridgehead atoms. The minimum atomic E-state index is -0.828. The van der Waals surface area contributed by atoms with Crippen LogP contribution in [-0.2, 0) is 17.6 Å². The molecule has 0 spiro atoms. The summed E-state index contributed by atoms with van der Waals surface area (Å²) in [6.45, 7) is 0. The standard InChI is InChI=1S/C11H11NO2S3/c13-10(14)6-8-7-17-11(12-8)16-5-3-9-2-1-4-15-9/h1-2,4,7H,3,5-6H2,(H,13,14). The number of carboxylic acids is 1. The molecule has 0 atom stereocenters. The Hall–Kier alpha value is -0.850. The summed E-state index contributed by atoms with van der Waals surface area (Å²) in [4.78, 5) is 16.2. The van der Waals surface area contributed by atoms with Gasteiger partial charge in [-0.05, 0) is 17.9 Å². The SMILES string of the molecule is O=C(O)Cc1csc(SCCc2cccs2)n1. The maximum atomic E-state index is 10.5. The van der Waals surface area contributed by atoms with Gasteiger partial charge >= 0.3 is 5.97 Å². The van der Waals surface area contributed by atoms with E-state index in [-0.39, 0.29) is 6.42 Å². The van der Waals surface area contributed by atoms with Crippen LogP contribution in [0.3, 0.4) is 0 Å². The highest BCUT2D eigenvalue weighted by Gasteiger charge is 2.06. The first-order valence-electron chi connectivity index (χ1n) is 5.05. The number of thiazole rings is 1. The largest absolute Gasteiger partial charge is 0.481 e. The van der Waals surface area contributed by atoms with Crippen molar-refractivity contribution in [3.05, 3.63) is 33.5 Å². The number of carboxylic acid groups (broad SMARTS) is 1. The zero-order valence-corrected chi connectivity index (χ0v) is 11.4. The second-order valence-corrected chi connectivity index (χ2v) is 6.59. The van der Waals surface area contributed by atoms with Gasteiger partial charge in [-0.2, -0.15) is 0 Å². The molecule has 3 nitrogen and oxygen atoms in total. The van der Waals surface area contributed by atoms with Gasteiger partial charge < -0.3 is 5.11 Å². The summed E-state index contributed by atoms with van der Waals surface area (Å²) in [5.74, 6) is 0.158. The Labute approximate surface area is 112 Å². The molecule has 0 saturated carbocycles. The molecule has 2 aromatic rings. The second kappa shape index (κ2) is 6.18. The van der Waals surface area contributed by atoms with Crippen LogP contribution in [-0.4, -0.2) is 21.8 Å². The maximum Gasteiger partial charge on any atom is 0.309 e. The lowest BCUT2D eigenvalue weighted by Crippen LogP contribution is -1.99. The molecule has 6 heteroatoms. The van der Waals surface area contributed by atoms with Crippen molar-refractivity contribution in [3.8, 4) is 0 Å². The minimum absolute atomic E-state index is 0.0159. The number of nitrogens with zero attached hydrogens (tertiary/aromatic N) is 1. The number of hydrogen-bond donors (Lipinski definition) is 1. The van der Waals surface area contributed by atoms with Gasteiger partial charge in [-0.1, -0.05) is 17.8 Å². The molecular formula is C11H11NO2S3. The van der Waals surface area contributed by atoms with Crippen molar-refractivity contribution < 1.29 is 9.90 Å². The van der Waals surface area contributed by atoms with Crippen LogP contribution in [0, 0.1) is 0 Å². The fourth-order valence-corrected chi connectivity index (χ4v) is 4.01. The molecule has 17 heavy (non-hydrogen) atoms. The number of thiophene rings is 1. The fourth-order valence-electron chi connectivity index (χ4n) is 1.28. The summed E-state index contributed by atoms with van der Waals surface area (Å²) in [5.41, 5.74) is 0.654. The van der Waals surface area contributed by atoms with Crippen LogP contribution in [0.5, 0.6) is 0 Å². The lowest BCUT2D eigenvalue weighted by molar-refractivity contribution is -0.136. The first-order valence-corrected chi connectivity index (χ1v) is 7.80. The van der Waals surface area contributed by atoms with Gasteiger partial charge in [-0.25, -0.2) is 4.98 Å². The summed E-state index contributed by atoms with van der Waals surface area (Å²) >= 11 is 4.97. The number of carbonyl (C=O) groups is 1.